The Balaban J connectivity index is 1.50. The van der Waals surface area contributed by atoms with Crippen LogP contribution in [0.1, 0.15) is 24.3 Å². The van der Waals surface area contributed by atoms with Crippen molar-refractivity contribution in [2.24, 2.45) is 0 Å². The van der Waals surface area contributed by atoms with Gasteiger partial charge in [0, 0.05) is 27.3 Å². The molecule has 110 valence electrons. The SMILES string of the molecule is CC(NCCCn1cnc2ccccc21)c1cc(Br)cs1. The molecule has 3 nitrogen and oxygen atoms in total. The number of halogens is 1. The molecule has 2 heterocycles. The lowest BCUT2D eigenvalue weighted by atomic mass is 10.2. The molecule has 1 N–H and O–H groups in total. The third kappa shape index (κ3) is 3.54. The van der Waals surface area contributed by atoms with Crippen LogP contribution in [0.4, 0.5) is 0 Å². The number of nitrogens with zero attached hydrogens (tertiary/aromatic N) is 2. The first-order valence-electron chi connectivity index (χ1n) is 7.11. The van der Waals surface area contributed by atoms with Gasteiger partial charge in [0.15, 0.2) is 0 Å². The lowest BCUT2D eigenvalue weighted by Crippen LogP contribution is -2.20. The molecule has 3 aromatic rings. The fourth-order valence-electron chi connectivity index (χ4n) is 2.41. The zero-order valence-corrected chi connectivity index (χ0v) is 14.3. The van der Waals surface area contributed by atoms with Crippen molar-refractivity contribution in [3.05, 3.63) is 51.4 Å². The van der Waals surface area contributed by atoms with Crippen LogP contribution in [-0.4, -0.2) is 16.1 Å². The second-order valence-electron chi connectivity index (χ2n) is 5.12. The lowest BCUT2D eigenvalue weighted by Gasteiger charge is -2.12. The number of fused-ring (bicyclic) bond motifs is 1. The zero-order valence-electron chi connectivity index (χ0n) is 11.9. The predicted octanol–water partition coefficient (Wildman–Crippen LogP) is 4.60. The number of aromatic nitrogens is 2. The molecule has 21 heavy (non-hydrogen) atoms. The van der Waals surface area contributed by atoms with Gasteiger partial charge in [-0.3, -0.25) is 0 Å². The Morgan fingerprint density at radius 1 is 1.38 bits per heavy atom. The van der Waals surface area contributed by atoms with Gasteiger partial charge in [-0.15, -0.1) is 11.3 Å². The minimum atomic E-state index is 0.404. The lowest BCUT2D eigenvalue weighted by molar-refractivity contribution is 0.535. The summed E-state index contributed by atoms with van der Waals surface area (Å²) in [6.07, 6.45) is 3.03. The van der Waals surface area contributed by atoms with Crippen LogP contribution in [0.25, 0.3) is 11.0 Å². The summed E-state index contributed by atoms with van der Waals surface area (Å²) in [5.74, 6) is 0. The summed E-state index contributed by atoms with van der Waals surface area (Å²) in [6, 6.07) is 10.9. The highest BCUT2D eigenvalue weighted by molar-refractivity contribution is 9.10. The minimum Gasteiger partial charge on any atom is -0.331 e. The first kappa shape index (κ1) is 14.8. The topological polar surface area (TPSA) is 29.9 Å². The Kier molecular flexibility index (Phi) is 4.73. The van der Waals surface area contributed by atoms with Gasteiger partial charge in [-0.05, 0) is 54.0 Å². The van der Waals surface area contributed by atoms with Crippen molar-refractivity contribution in [1.29, 1.82) is 0 Å². The number of aryl methyl sites for hydroxylation is 1. The van der Waals surface area contributed by atoms with Gasteiger partial charge in [0.25, 0.3) is 0 Å². The van der Waals surface area contributed by atoms with Crippen LogP contribution in [0, 0.1) is 0 Å². The van der Waals surface area contributed by atoms with Crippen LogP contribution in [0.2, 0.25) is 0 Å². The summed E-state index contributed by atoms with van der Waals surface area (Å²) in [6.45, 7) is 4.21. The van der Waals surface area contributed by atoms with E-state index in [0.29, 0.717) is 6.04 Å². The molecule has 0 aliphatic carbocycles. The van der Waals surface area contributed by atoms with Gasteiger partial charge in [0.05, 0.1) is 17.4 Å². The summed E-state index contributed by atoms with van der Waals surface area (Å²) < 4.78 is 3.39. The van der Waals surface area contributed by atoms with Gasteiger partial charge < -0.3 is 9.88 Å². The van der Waals surface area contributed by atoms with Crippen LogP contribution in [-0.2, 0) is 6.54 Å². The molecule has 0 saturated carbocycles. The molecular weight excluding hydrogens is 346 g/mol. The summed E-state index contributed by atoms with van der Waals surface area (Å²) in [4.78, 5) is 5.79. The largest absolute Gasteiger partial charge is 0.331 e. The molecule has 1 aromatic carbocycles. The van der Waals surface area contributed by atoms with E-state index in [4.69, 9.17) is 0 Å². The second kappa shape index (κ2) is 6.73. The van der Waals surface area contributed by atoms with Crippen LogP contribution in [0.5, 0.6) is 0 Å². The average Bonchev–Trinajstić information content (AvgIpc) is 3.10. The van der Waals surface area contributed by atoms with Gasteiger partial charge in [-0.25, -0.2) is 4.98 Å². The zero-order chi connectivity index (χ0) is 14.7. The van der Waals surface area contributed by atoms with Crippen molar-refractivity contribution in [1.82, 2.24) is 14.9 Å². The number of hydrogen-bond donors (Lipinski definition) is 1. The van der Waals surface area contributed by atoms with E-state index < -0.39 is 0 Å². The molecular formula is C16H18BrN3S. The van der Waals surface area contributed by atoms with E-state index in [2.05, 4.69) is 67.4 Å². The molecule has 0 radical (unpaired) electrons. The fraction of sp³-hybridized carbons (Fsp3) is 0.312. The molecule has 0 bridgehead atoms. The van der Waals surface area contributed by atoms with E-state index >= 15 is 0 Å². The van der Waals surface area contributed by atoms with Crippen molar-refractivity contribution in [2.45, 2.75) is 25.9 Å². The quantitative estimate of drug-likeness (QED) is 0.648. The monoisotopic (exact) mass is 363 g/mol. The third-order valence-electron chi connectivity index (χ3n) is 3.57. The Labute approximate surface area is 137 Å². The Morgan fingerprint density at radius 3 is 3.05 bits per heavy atom. The number of thiophene rings is 1. The van der Waals surface area contributed by atoms with E-state index in [1.54, 1.807) is 11.3 Å². The molecule has 0 aliphatic rings. The molecule has 0 fully saturated rings. The van der Waals surface area contributed by atoms with Crippen LogP contribution in [0.3, 0.4) is 0 Å². The smallest absolute Gasteiger partial charge is 0.0958 e. The van der Waals surface area contributed by atoms with Gasteiger partial charge in [0.2, 0.25) is 0 Å². The molecule has 0 spiro atoms. The highest BCUT2D eigenvalue weighted by atomic mass is 79.9. The number of imidazole rings is 1. The molecule has 1 atom stereocenters. The maximum Gasteiger partial charge on any atom is 0.0958 e. The van der Waals surface area contributed by atoms with E-state index in [1.807, 2.05) is 12.4 Å². The van der Waals surface area contributed by atoms with Crippen LogP contribution in [0.15, 0.2) is 46.5 Å². The van der Waals surface area contributed by atoms with Gasteiger partial charge in [-0.2, -0.15) is 0 Å². The minimum absolute atomic E-state index is 0.404. The molecule has 0 saturated heterocycles. The van der Waals surface area contributed by atoms with Crippen LogP contribution >= 0.6 is 27.3 Å². The first-order valence-corrected chi connectivity index (χ1v) is 8.78. The first-order chi connectivity index (χ1) is 10.2. The summed E-state index contributed by atoms with van der Waals surface area (Å²) in [5.41, 5.74) is 2.29. The Morgan fingerprint density at radius 2 is 2.24 bits per heavy atom. The molecule has 5 heteroatoms. The molecule has 2 aromatic heterocycles. The molecule has 1 unspecified atom stereocenters. The van der Waals surface area contributed by atoms with Crippen LogP contribution < -0.4 is 5.32 Å². The Hall–Kier alpha value is -1.17. The van der Waals surface area contributed by atoms with E-state index in [0.717, 1.165) is 25.0 Å². The average molecular weight is 364 g/mol. The number of para-hydroxylation sites is 2. The maximum atomic E-state index is 4.42. The highest BCUT2D eigenvalue weighted by Crippen LogP contribution is 2.25. The van der Waals surface area contributed by atoms with Crippen molar-refractivity contribution in [2.75, 3.05) is 6.54 Å². The molecule has 3 rings (SSSR count). The van der Waals surface area contributed by atoms with Gasteiger partial charge in [-0.1, -0.05) is 12.1 Å². The van der Waals surface area contributed by atoms with Gasteiger partial charge >= 0.3 is 0 Å². The van der Waals surface area contributed by atoms with Crippen molar-refractivity contribution in [3.8, 4) is 0 Å². The van der Waals surface area contributed by atoms with Crippen molar-refractivity contribution in [3.63, 3.8) is 0 Å². The Bertz CT molecular complexity index is 719. The predicted molar refractivity (Wildman–Crippen MR) is 92.8 cm³/mol. The number of nitrogens with one attached hydrogen (secondary N) is 1. The summed E-state index contributed by atoms with van der Waals surface area (Å²) >= 11 is 5.29. The number of benzene rings is 1. The van der Waals surface area contributed by atoms with E-state index in [1.165, 1.54) is 14.9 Å². The third-order valence-corrected chi connectivity index (χ3v) is 5.44. The number of hydrogen-bond acceptors (Lipinski definition) is 3. The fourth-order valence-corrected chi connectivity index (χ4v) is 3.89. The second-order valence-corrected chi connectivity index (χ2v) is 6.98. The van der Waals surface area contributed by atoms with Crippen molar-refractivity contribution < 1.29 is 0 Å². The van der Waals surface area contributed by atoms with Gasteiger partial charge in [0.1, 0.15) is 0 Å². The standard InChI is InChI=1S/C16H18BrN3S/c1-12(16-9-13(17)10-21-16)18-7-4-8-20-11-19-14-5-2-3-6-15(14)20/h2-3,5-6,9-12,18H,4,7-8H2,1H3. The summed E-state index contributed by atoms with van der Waals surface area (Å²) in [5, 5.41) is 5.71. The van der Waals surface area contributed by atoms with E-state index in [9.17, 15) is 0 Å². The molecule has 0 amide bonds. The molecule has 0 aliphatic heterocycles. The number of rotatable bonds is 6. The van der Waals surface area contributed by atoms with E-state index in [-0.39, 0.29) is 0 Å². The highest BCUT2D eigenvalue weighted by Gasteiger charge is 2.07. The normalized spacial score (nSPS) is 12.9. The van der Waals surface area contributed by atoms with Crippen molar-refractivity contribution >= 4 is 38.3 Å². The maximum absolute atomic E-state index is 4.42. The summed E-state index contributed by atoms with van der Waals surface area (Å²) in [7, 11) is 0.